The summed E-state index contributed by atoms with van der Waals surface area (Å²) in [5.41, 5.74) is 0.673. The number of aromatic nitrogens is 2. The zero-order valence-corrected chi connectivity index (χ0v) is 19.8. The Bertz CT molecular complexity index is 626. The summed E-state index contributed by atoms with van der Waals surface area (Å²) < 4.78 is 26.7. The first-order chi connectivity index (χ1) is 15.2. The normalized spacial score (nSPS) is 26.8. The second-order valence-electron chi connectivity index (χ2n) is 9.72. The minimum absolute atomic E-state index is 0.0592. The molecule has 2 heterocycles. The number of halogens is 1. The molecule has 1 aromatic rings. The number of nitrogens with zero attached hydrogens (tertiary/aromatic N) is 2. The van der Waals surface area contributed by atoms with E-state index in [9.17, 15) is 4.39 Å². The molecule has 0 N–H and O–H groups in total. The van der Waals surface area contributed by atoms with E-state index < -0.39 is 0 Å². The summed E-state index contributed by atoms with van der Waals surface area (Å²) in [5.74, 6) is 1.64. The Balaban J connectivity index is 1.39. The number of hydrogen-bond donors (Lipinski definition) is 0. The van der Waals surface area contributed by atoms with Gasteiger partial charge in [-0.3, -0.25) is 0 Å². The molecule has 3 rings (SSSR count). The van der Waals surface area contributed by atoms with Crippen molar-refractivity contribution in [3.05, 3.63) is 23.5 Å². The van der Waals surface area contributed by atoms with E-state index in [0.29, 0.717) is 23.2 Å². The minimum Gasteiger partial charge on any atom is -0.352 e. The second kappa shape index (κ2) is 13.5. The van der Waals surface area contributed by atoms with Crippen LogP contribution in [0.15, 0.2) is 6.20 Å². The molecule has 0 atom stereocenters. The molecule has 0 unspecified atom stereocenters. The first-order valence-corrected chi connectivity index (χ1v) is 13.0. The van der Waals surface area contributed by atoms with E-state index in [1.165, 1.54) is 44.9 Å². The maximum absolute atomic E-state index is 14.5. The van der Waals surface area contributed by atoms with Gasteiger partial charge in [0.05, 0.1) is 13.2 Å². The average Bonchev–Trinajstić information content (AvgIpc) is 2.80. The predicted molar refractivity (Wildman–Crippen MR) is 122 cm³/mol. The first kappa shape index (κ1) is 24.6. The molecule has 1 aliphatic carbocycles. The van der Waals surface area contributed by atoms with E-state index in [-0.39, 0.29) is 18.2 Å². The highest BCUT2D eigenvalue weighted by molar-refractivity contribution is 5.10. The van der Waals surface area contributed by atoms with E-state index in [0.717, 1.165) is 58.2 Å². The van der Waals surface area contributed by atoms with Crippen molar-refractivity contribution in [3.8, 4) is 0 Å². The lowest BCUT2D eigenvalue weighted by molar-refractivity contribution is -0.229. The number of aryl methyl sites for hydroxylation is 1. The van der Waals surface area contributed by atoms with Crippen LogP contribution in [0.25, 0.3) is 0 Å². The van der Waals surface area contributed by atoms with Gasteiger partial charge in [-0.15, -0.1) is 0 Å². The van der Waals surface area contributed by atoms with Crippen molar-refractivity contribution >= 4 is 0 Å². The van der Waals surface area contributed by atoms with Gasteiger partial charge in [0.1, 0.15) is 5.82 Å². The number of ether oxygens (including phenoxy) is 2. The van der Waals surface area contributed by atoms with Gasteiger partial charge in [0, 0.05) is 29.5 Å². The Morgan fingerprint density at radius 1 is 0.903 bits per heavy atom. The fourth-order valence-corrected chi connectivity index (χ4v) is 5.01. The van der Waals surface area contributed by atoms with Crippen LogP contribution in [-0.4, -0.2) is 29.5 Å². The van der Waals surface area contributed by atoms with Crippen LogP contribution in [-0.2, 0) is 15.9 Å². The Kier molecular flexibility index (Phi) is 10.7. The van der Waals surface area contributed by atoms with Crippen LogP contribution >= 0.6 is 0 Å². The summed E-state index contributed by atoms with van der Waals surface area (Å²) in [4.78, 5) is 8.80. The van der Waals surface area contributed by atoms with Crippen LogP contribution in [0.2, 0.25) is 0 Å². The molecular formula is C26H43FN2O2. The molecule has 0 radical (unpaired) electrons. The molecule has 1 saturated carbocycles. The quantitative estimate of drug-likeness (QED) is 0.263. The summed E-state index contributed by atoms with van der Waals surface area (Å²) in [6.45, 7) is 6.12. The molecule has 1 aliphatic heterocycles. The number of unbranched alkanes of at least 4 members (excludes halogenated alkanes) is 6. The molecule has 5 heteroatoms. The van der Waals surface area contributed by atoms with Crippen molar-refractivity contribution in [3.63, 3.8) is 0 Å². The molecule has 31 heavy (non-hydrogen) atoms. The van der Waals surface area contributed by atoms with Crippen LogP contribution < -0.4 is 0 Å². The Hall–Kier alpha value is -1.07. The van der Waals surface area contributed by atoms with Gasteiger partial charge in [-0.2, -0.15) is 4.39 Å². The monoisotopic (exact) mass is 434 g/mol. The molecule has 1 aromatic heterocycles. The predicted octanol–water partition coefficient (Wildman–Crippen LogP) is 6.97. The Morgan fingerprint density at radius 3 is 2.26 bits per heavy atom. The van der Waals surface area contributed by atoms with E-state index in [1.54, 1.807) is 6.20 Å². The third-order valence-electron chi connectivity index (χ3n) is 7.11. The minimum atomic E-state index is -0.310. The van der Waals surface area contributed by atoms with Gasteiger partial charge < -0.3 is 9.47 Å². The van der Waals surface area contributed by atoms with E-state index in [2.05, 4.69) is 23.8 Å². The molecule has 2 aliphatic rings. The Morgan fingerprint density at radius 2 is 1.58 bits per heavy atom. The standard InChI is InChI=1S/C26H43FN2O2/c1-3-5-7-8-10-12-23-17-28-25(29-24(23)27)21-13-15-22(16-14-21)26-30-18-20(19-31-26)11-9-6-4-2/h17,20-22,26H,3-16,18-19H2,1-2H3/t20?,21-,22-,26?. The summed E-state index contributed by atoms with van der Waals surface area (Å²) in [7, 11) is 0. The van der Waals surface area contributed by atoms with Crippen molar-refractivity contribution < 1.29 is 13.9 Å². The molecule has 0 aromatic carbocycles. The molecule has 0 spiro atoms. The summed E-state index contributed by atoms with van der Waals surface area (Å²) in [6.07, 6.45) is 17.4. The van der Waals surface area contributed by atoms with Gasteiger partial charge in [0.25, 0.3) is 0 Å². The van der Waals surface area contributed by atoms with Crippen LogP contribution in [0.1, 0.15) is 115 Å². The highest BCUT2D eigenvalue weighted by Crippen LogP contribution is 2.38. The molecule has 0 amide bonds. The lowest BCUT2D eigenvalue weighted by atomic mass is 9.81. The highest BCUT2D eigenvalue weighted by atomic mass is 19.1. The molecule has 2 fully saturated rings. The molecular weight excluding hydrogens is 391 g/mol. The van der Waals surface area contributed by atoms with Crippen molar-refractivity contribution in [2.75, 3.05) is 13.2 Å². The lowest BCUT2D eigenvalue weighted by Gasteiger charge is -2.37. The Labute approximate surface area is 188 Å². The zero-order chi connectivity index (χ0) is 21.9. The van der Waals surface area contributed by atoms with Crippen molar-refractivity contribution in [2.45, 2.75) is 116 Å². The summed E-state index contributed by atoms with van der Waals surface area (Å²) >= 11 is 0. The van der Waals surface area contributed by atoms with Crippen LogP contribution in [0.3, 0.4) is 0 Å². The largest absolute Gasteiger partial charge is 0.352 e. The fourth-order valence-electron chi connectivity index (χ4n) is 5.01. The maximum Gasteiger partial charge on any atom is 0.219 e. The fraction of sp³-hybridized carbons (Fsp3) is 0.846. The average molecular weight is 435 g/mol. The number of rotatable bonds is 12. The van der Waals surface area contributed by atoms with E-state index in [1.807, 2.05) is 0 Å². The third-order valence-corrected chi connectivity index (χ3v) is 7.11. The molecule has 1 saturated heterocycles. The molecule has 4 nitrogen and oxygen atoms in total. The zero-order valence-electron chi connectivity index (χ0n) is 19.8. The summed E-state index contributed by atoms with van der Waals surface area (Å²) in [6, 6.07) is 0. The van der Waals surface area contributed by atoms with Crippen molar-refractivity contribution in [1.82, 2.24) is 9.97 Å². The van der Waals surface area contributed by atoms with Gasteiger partial charge in [-0.25, -0.2) is 9.97 Å². The van der Waals surface area contributed by atoms with Crippen LogP contribution in [0.4, 0.5) is 4.39 Å². The SMILES string of the molecule is CCCCCCCc1cnc([C@H]2CC[C@H](C3OCC(CCCCC)CO3)CC2)nc1F. The van der Waals surface area contributed by atoms with E-state index >= 15 is 0 Å². The highest BCUT2D eigenvalue weighted by Gasteiger charge is 2.33. The van der Waals surface area contributed by atoms with Crippen LogP contribution in [0.5, 0.6) is 0 Å². The van der Waals surface area contributed by atoms with E-state index in [4.69, 9.17) is 9.47 Å². The third kappa shape index (κ3) is 7.78. The smallest absolute Gasteiger partial charge is 0.219 e. The molecule has 0 bridgehead atoms. The van der Waals surface area contributed by atoms with Gasteiger partial charge >= 0.3 is 0 Å². The van der Waals surface area contributed by atoms with Crippen molar-refractivity contribution in [1.29, 1.82) is 0 Å². The number of hydrogen-bond acceptors (Lipinski definition) is 4. The first-order valence-electron chi connectivity index (χ1n) is 13.0. The van der Waals surface area contributed by atoms with Gasteiger partial charge in [0.2, 0.25) is 5.95 Å². The second-order valence-corrected chi connectivity index (χ2v) is 9.72. The lowest BCUT2D eigenvalue weighted by Crippen LogP contribution is -2.38. The van der Waals surface area contributed by atoms with Gasteiger partial charge in [0.15, 0.2) is 6.29 Å². The van der Waals surface area contributed by atoms with Gasteiger partial charge in [-0.1, -0.05) is 58.8 Å². The van der Waals surface area contributed by atoms with Gasteiger partial charge in [-0.05, 0) is 44.9 Å². The summed E-state index contributed by atoms with van der Waals surface area (Å²) in [5, 5.41) is 0. The maximum atomic E-state index is 14.5. The van der Waals surface area contributed by atoms with Crippen molar-refractivity contribution in [2.24, 2.45) is 11.8 Å². The van der Waals surface area contributed by atoms with Crippen LogP contribution in [0, 0.1) is 17.8 Å². The molecule has 176 valence electrons. The topological polar surface area (TPSA) is 44.2 Å².